The van der Waals surface area contributed by atoms with Crippen LogP contribution in [0.4, 0.5) is 19.1 Å². The molecule has 1 aliphatic heterocycles. The standard InChI is InChI=1S/C17H22ClF3N8O/c1-11(18)29(10-17(19,20)21)14(24-2)13(22)15(28-3-5-30-6-4-28)25-7-12-8-26-16(23)27-9-12/h8-9H,1-7,10,22H2,(H2,23,26,27)/b14-13-,25-15?. The molecule has 1 saturated heterocycles. The number of aromatic nitrogens is 2. The van der Waals surface area contributed by atoms with Crippen molar-refractivity contribution >= 4 is 30.1 Å². The van der Waals surface area contributed by atoms with Crippen LogP contribution >= 0.6 is 11.6 Å². The minimum atomic E-state index is -4.58. The SMILES string of the molecule is C=N/C(=C(/N)C(=NCc1cnc(N)nc1)N1CCOCC1)N(CC(F)(F)F)C(=C)Cl. The van der Waals surface area contributed by atoms with Crippen LogP contribution in [0.15, 0.2) is 45.6 Å². The number of hydrogen-bond acceptors (Lipinski definition) is 8. The molecule has 13 heteroatoms. The van der Waals surface area contributed by atoms with Gasteiger partial charge in [0.15, 0.2) is 11.7 Å². The molecule has 0 aromatic carbocycles. The van der Waals surface area contributed by atoms with Gasteiger partial charge in [0.1, 0.15) is 17.4 Å². The second kappa shape index (κ2) is 10.3. The third-order valence-electron chi connectivity index (χ3n) is 3.96. The Hall–Kier alpha value is -2.86. The molecule has 30 heavy (non-hydrogen) atoms. The Kier molecular flexibility index (Phi) is 8.00. The molecule has 4 N–H and O–H groups in total. The van der Waals surface area contributed by atoms with Gasteiger partial charge >= 0.3 is 6.18 Å². The first-order chi connectivity index (χ1) is 14.1. The normalized spacial score (nSPS) is 16.1. The number of anilines is 1. The predicted molar refractivity (Wildman–Crippen MR) is 108 cm³/mol. The molecule has 0 unspecified atom stereocenters. The maximum Gasteiger partial charge on any atom is 0.406 e. The zero-order valence-electron chi connectivity index (χ0n) is 16.1. The Morgan fingerprint density at radius 3 is 2.40 bits per heavy atom. The van der Waals surface area contributed by atoms with Crippen LogP contribution in [0.3, 0.4) is 0 Å². The lowest BCUT2D eigenvalue weighted by Gasteiger charge is -2.32. The summed E-state index contributed by atoms with van der Waals surface area (Å²) in [5.41, 5.74) is 12.2. The van der Waals surface area contributed by atoms with Crippen LogP contribution in [0.5, 0.6) is 0 Å². The second-order valence-electron chi connectivity index (χ2n) is 6.16. The summed E-state index contributed by atoms with van der Waals surface area (Å²) in [7, 11) is 0. The quantitative estimate of drug-likeness (QED) is 0.371. The lowest BCUT2D eigenvalue weighted by molar-refractivity contribution is -0.137. The molecule has 1 aliphatic rings. The Bertz CT molecular complexity index is 819. The lowest BCUT2D eigenvalue weighted by atomic mass is 10.2. The molecule has 9 nitrogen and oxygen atoms in total. The van der Waals surface area contributed by atoms with E-state index in [0.717, 1.165) is 0 Å². The van der Waals surface area contributed by atoms with Gasteiger partial charge in [0, 0.05) is 31.0 Å². The predicted octanol–water partition coefficient (Wildman–Crippen LogP) is 1.69. The number of nitrogens with zero attached hydrogens (tertiary/aromatic N) is 6. The van der Waals surface area contributed by atoms with E-state index in [4.69, 9.17) is 27.8 Å². The van der Waals surface area contributed by atoms with Crippen molar-refractivity contribution in [3.8, 4) is 0 Å². The molecule has 0 atom stereocenters. The fraction of sp³-hybridized carbons (Fsp3) is 0.412. The van der Waals surface area contributed by atoms with Gasteiger partial charge in [-0.15, -0.1) is 0 Å². The van der Waals surface area contributed by atoms with E-state index in [1.165, 1.54) is 12.4 Å². The van der Waals surface area contributed by atoms with Crippen molar-refractivity contribution in [1.82, 2.24) is 19.8 Å². The van der Waals surface area contributed by atoms with E-state index in [1.807, 2.05) is 0 Å². The van der Waals surface area contributed by atoms with Gasteiger partial charge in [-0.2, -0.15) is 13.2 Å². The number of nitrogens with two attached hydrogens (primary N) is 2. The Labute approximate surface area is 176 Å². The Morgan fingerprint density at radius 2 is 1.90 bits per heavy atom. The summed E-state index contributed by atoms with van der Waals surface area (Å²) in [4.78, 5) is 18.3. The summed E-state index contributed by atoms with van der Waals surface area (Å²) in [5, 5.41) is -0.411. The number of halogens is 4. The summed E-state index contributed by atoms with van der Waals surface area (Å²) in [5.74, 6) is 0.0332. The second-order valence-corrected chi connectivity index (χ2v) is 6.60. The molecule has 164 valence electrons. The molecule has 0 saturated carbocycles. The summed E-state index contributed by atoms with van der Waals surface area (Å²) in [6.07, 6.45) is -1.59. The summed E-state index contributed by atoms with van der Waals surface area (Å²) < 4.78 is 44.4. The van der Waals surface area contributed by atoms with Gasteiger partial charge in [-0.05, 0) is 6.72 Å². The first kappa shape index (κ1) is 23.4. The molecule has 0 spiro atoms. The number of hydrogen-bond donors (Lipinski definition) is 2. The molecule has 0 radical (unpaired) electrons. The van der Waals surface area contributed by atoms with Crippen LogP contribution in [0, 0.1) is 0 Å². The topological polar surface area (TPSA) is 118 Å². The molecule has 1 aromatic heterocycles. The average molecular weight is 447 g/mol. The van der Waals surface area contributed by atoms with Crippen LogP contribution in [0.1, 0.15) is 5.56 Å². The highest BCUT2D eigenvalue weighted by Gasteiger charge is 2.34. The third-order valence-corrected chi connectivity index (χ3v) is 4.17. The number of aliphatic imine (C=N–C) groups is 2. The highest BCUT2D eigenvalue weighted by atomic mass is 35.5. The van der Waals surface area contributed by atoms with Crippen LogP contribution < -0.4 is 11.5 Å². The lowest BCUT2D eigenvalue weighted by Crippen LogP contribution is -2.44. The van der Waals surface area contributed by atoms with E-state index >= 15 is 0 Å². The van der Waals surface area contributed by atoms with Crippen LogP contribution in [-0.2, 0) is 11.3 Å². The fourth-order valence-electron chi connectivity index (χ4n) is 2.61. The Morgan fingerprint density at radius 1 is 1.30 bits per heavy atom. The molecule has 1 fully saturated rings. The van der Waals surface area contributed by atoms with E-state index < -0.39 is 17.9 Å². The van der Waals surface area contributed by atoms with Crippen LogP contribution in [-0.4, -0.2) is 71.3 Å². The zero-order chi connectivity index (χ0) is 22.3. The van der Waals surface area contributed by atoms with E-state index in [9.17, 15) is 13.2 Å². The first-order valence-electron chi connectivity index (χ1n) is 8.71. The maximum atomic E-state index is 13.0. The van der Waals surface area contributed by atoms with Gasteiger partial charge in [0.2, 0.25) is 5.95 Å². The highest BCUT2D eigenvalue weighted by Crippen LogP contribution is 2.26. The molecular weight excluding hydrogens is 425 g/mol. The number of morpholine rings is 1. The van der Waals surface area contributed by atoms with Gasteiger partial charge < -0.3 is 26.0 Å². The van der Waals surface area contributed by atoms with Crippen molar-refractivity contribution in [1.29, 1.82) is 0 Å². The minimum absolute atomic E-state index is 0.108. The molecule has 2 rings (SSSR count). The molecule has 1 aromatic rings. The van der Waals surface area contributed by atoms with Gasteiger partial charge in [-0.1, -0.05) is 18.2 Å². The molecule has 0 amide bonds. The Balaban J connectivity index is 2.46. The van der Waals surface area contributed by atoms with Crippen molar-refractivity contribution in [2.24, 2.45) is 15.7 Å². The largest absolute Gasteiger partial charge is 0.406 e. The number of rotatable bonds is 7. The molecule has 2 heterocycles. The summed E-state index contributed by atoms with van der Waals surface area (Å²) in [6, 6.07) is 0. The van der Waals surface area contributed by atoms with E-state index in [-0.39, 0.29) is 29.8 Å². The van der Waals surface area contributed by atoms with Crippen LogP contribution in [0.25, 0.3) is 0 Å². The van der Waals surface area contributed by atoms with Gasteiger partial charge in [0.25, 0.3) is 0 Å². The van der Waals surface area contributed by atoms with Gasteiger partial charge in [-0.3, -0.25) is 4.99 Å². The fourth-order valence-corrected chi connectivity index (χ4v) is 2.75. The van der Waals surface area contributed by atoms with E-state index in [2.05, 4.69) is 33.2 Å². The van der Waals surface area contributed by atoms with Crippen molar-refractivity contribution < 1.29 is 17.9 Å². The van der Waals surface area contributed by atoms with Gasteiger partial charge in [-0.25, -0.2) is 15.0 Å². The number of ether oxygens (including phenoxy) is 1. The number of amidine groups is 1. The minimum Gasteiger partial charge on any atom is -0.393 e. The molecule has 0 bridgehead atoms. The van der Waals surface area contributed by atoms with E-state index in [0.29, 0.717) is 36.8 Å². The number of alkyl halides is 3. The van der Waals surface area contributed by atoms with Crippen molar-refractivity contribution in [3.05, 3.63) is 41.2 Å². The average Bonchev–Trinajstić information content (AvgIpc) is 2.69. The van der Waals surface area contributed by atoms with Crippen LogP contribution in [0.2, 0.25) is 0 Å². The van der Waals surface area contributed by atoms with Crippen molar-refractivity contribution in [2.45, 2.75) is 12.7 Å². The number of nitrogen functional groups attached to an aromatic ring is 1. The zero-order valence-corrected chi connectivity index (χ0v) is 16.8. The molecular formula is C17H22ClF3N8O. The monoisotopic (exact) mass is 446 g/mol. The summed E-state index contributed by atoms with van der Waals surface area (Å²) in [6.45, 7) is 7.07. The highest BCUT2D eigenvalue weighted by molar-refractivity contribution is 6.29. The van der Waals surface area contributed by atoms with E-state index in [1.54, 1.807) is 4.90 Å². The van der Waals surface area contributed by atoms with Crippen molar-refractivity contribution in [2.75, 3.05) is 38.6 Å². The first-order valence-corrected chi connectivity index (χ1v) is 9.09. The smallest absolute Gasteiger partial charge is 0.393 e. The third kappa shape index (κ3) is 6.59. The summed E-state index contributed by atoms with van der Waals surface area (Å²) >= 11 is 5.80. The van der Waals surface area contributed by atoms with Gasteiger partial charge in [0.05, 0.1) is 19.8 Å². The van der Waals surface area contributed by atoms with Crippen molar-refractivity contribution in [3.63, 3.8) is 0 Å². The molecule has 0 aliphatic carbocycles. The maximum absolute atomic E-state index is 13.0.